The smallest absolute Gasteiger partial charge is 0.254 e. The zero-order chi connectivity index (χ0) is 23.0. The molecule has 176 valence electrons. The van der Waals surface area contributed by atoms with Crippen LogP contribution in [0.15, 0.2) is 41.3 Å². The molecule has 3 aliphatic rings. The molecular formula is C24H28N2O6S. The minimum atomic E-state index is -3.68. The van der Waals surface area contributed by atoms with E-state index in [-0.39, 0.29) is 16.8 Å². The first-order valence-electron chi connectivity index (χ1n) is 11.3. The Kier molecular flexibility index (Phi) is 6.03. The molecule has 0 bridgehead atoms. The molecule has 0 unspecified atom stereocenters. The minimum absolute atomic E-state index is 0.0905. The van der Waals surface area contributed by atoms with Crippen LogP contribution in [0.3, 0.4) is 0 Å². The van der Waals surface area contributed by atoms with Crippen LogP contribution in [0, 0.1) is 6.92 Å². The second-order valence-corrected chi connectivity index (χ2v) is 10.5. The van der Waals surface area contributed by atoms with Gasteiger partial charge in [0.2, 0.25) is 10.0 Å². The van der Waals surface area contributed by atoms with Crippen LogP contribution in [0.5, 0.6) is 11.5 Å². The van der Waals surface area contributed by atoms with Gasteiger partial charge >= 0.3 is 0 Å². The van der Waals surface area contributed by atoms with Gasteiger partial charge in [-0.2, -0.15) is 4.31 Å². The highest BCUT2D eigenvalue weighted by Gasteiger charge is 2.33. The highest BCUT2D eigenvalue weighted by atomic mass is 32.2. The summed E-state index contributed by atoms with van der Waals surface area (Å²) in [6.45, 7) is 4.89. The van der Waals surface area contributed by atoms with E-state index in [9.17, 15) is 13.2 Å². The number of ether oxygens (including phenoxy) is 3. The first-order valence-corrected chi connectivity index (χ1v) is 12.8. The van der Waals surface area contributed by atoms with E-state index in [1.165, 1.54) is 10.4 Å². The summed E-state index contributed by atoms with van der Waals surface area (Å²) in [5.74, 6) is 1.27. The zero-order valence-corrected chi connectivity index (χ0v) is 19.5. The molecule has 8 nitrogen and oxygen atoms in total. The van der Waals surface area contributed by atoms with E-state index in [0.717, 1.165) is 29.7 Å². The Morgan fingerprint density at radius 1 is 0.939 bits per heavy atom. The minimum Gasteiger partial charge on any atom is -0.486 e. The molecule has 3 aliphatic heterocycles. The number of aryl methyl sites for hydroxylation is 1. The molecule has 33 heavy (non-hydrogen) atoms. The van der Waals surface area contributed by atoms with Crippen molar-refractivity contribution in [1.29, 1.82) is 0 Å². The molecule has 0 aromatic heterocycles. The number of nitrogens with zero attached hydrogens (tertiary/aromatic N) is 2. The number of likely N-dealkylation sites (tertiary alicyclic amines) is 1. The summed E-state index contributed by atoms with van der Waals surface area (Å²) in [5, 5.41) is 0. The van der Waals surface area contributed by atoms with Crippen molar-refractivity contribution in [3.8, 4) is 11.5 Å². The number of sulfonamides is 1. The Hall–Kier alpha value is -2.62. The molecule has 0 saturated carbocycles. The number of hydrogen-bond donors (Lipinski definition) is 0. The number of benzene rings is 2. The van der Waals surface area contributed by atoms with Crippen molar-refractivity contribution in [3.63, 3.8) is 0 Å². The van der Waals surface area contributed by atoms with Crippen LogP contribution < -0.4 is 9.47 Å². The van der Waals surface area contributed by atoms with Gasteiger partial charge in [-0.15, -0.1) is 0 Å². The van der Waals surface area contributed by atoms with Crippen LogP contribution in [-0.4, -0.2) is 69.6 Å². The zero-order valence-electron chi connectivity index (χ0n) is 18.7. The van der Waals surface area contributed by atoms with Crippen LogP contribution in [0.25, 0.3) is 0 Å². The van der Waals surface area contributed by atoms with E-state index in [2.05, 4.69) is 0 Å². The van der Waals surface area contributed by atoms with Gasteiger partial charge < -0.3 is 19.1 Å². The lowest BCUT2D eigenvalue weighted by molar-refractivity contribution is 0.0727. The van der Waals surface area contributed by atoms with E-state index in [0.29, 0.717) is 57.4 Å². The van der Waals surface area contributed by atoms with Crippen molar-refractivity contribution in [1.82, 2.24) is 9.21 Å². The summed E-state index contributed by atoms with van der Waals surface area (Å²) < 4.78 is 44.3. The van der Waals surface area contributed by atoms with E-state index in [1.54, 1.807) is 12.1 Å². The molecular weight excluding hydrogens is 444 g/mol. The fraction of sp³-hybridized carbons (Fsp3) is 0.458. The normalized spacial score (nSPS) is 21.2. The lowest BCUT2D eigenvalue weighted by atomic mass is 10.0. The molecule has 1 amide bonds. The Labute approximate surface area is 194 Å². The molecule has 2 aromatic carbocycles. The van der Waals surface area contributed by atoms with E-state index < -0.39 is 10.0 Å². The predicted octanol–water partition coefficient (Wildman–Crippen LogP) is 2.76. The van der Waals surface area contributed by atoms with Crippen LogP contribution in [0.1, 0.15) is 40.4 Å². The largest absolute Gasteiger partial charge is 0.486 e. The van der Waals surface area contributed by atoms with Gasteiger partial charge in [0.1, 0.15) is 13.2 Å². The Morgan fingerprint density at radius 2 is 1.70 bits per heavy atom. The van der Waals surface area contributed by atoms with Crippen molar-refractivity contribution in [2.45, 2.75) is 30.7 Å². The molecule has 2 fully saturated rings. The number of amides is 1. The Bertz CT molecular complexity index is 1160. The second-order valence-electron chi connectivity index (χ2n) is 8.55. The van der Waals surface area contributed by atoms with Gasteiger partial charge in [-0.3, -0.25) is 4.79 Å². The van der Waals surface area contributed by atoms with Crippen LogP contribution in [0.2, 0.25) is 0 Å². The first-order chi connectivity index (χ1) is 15.9. The molecule has 2 saturated heterocycles. The SMILES string of the molecule is Cc1ccc(S(=O)(=O)N2CCOCC2)cc1C(=O)N1CCC[C@H]1c1ccc2c(c1)OCCO2. The molecule has 0 radical (unpaired) electrons. The van der Waals surface area contributed by atoms with Crippen molar-refractivity contribution >= 4 is 15.9 Å². The highest BCUT2D eigenvalue weighted by molar-refractivity contribution is 7.89. The lowest BCUT2D eigenvalue weighted by Gasteiger charge is -2.28. The van der Waals surface area contributed by atoms with Crippen molar-refractivity contribution in [3.05, 3.63) is 53.1 Å². The number of carbonyl (C=O) groups is 1. The van der Waals surface area contributed by atoms with Gasteiger partial charge in [-0.1, -0.05) is 12.1 Å². The van der Waals surface area contributed by atoms with Crippen LogP contribution in [-0.2, 0) is 14.8 Å². The molecule has 0 spiro atoms. The summed E-state index contributed by atoms with van der Waals surface area (Å²) in [6.07, 6.45) is 1.73. The highest BCUT2D eigenvalue weighted by Crippen LogP contribution is 2.39. The number of fused-ring (bicyclic) bond motifs is 1. The second kappa shape index (κ2) is 8.96. The molecule has 1 atom stereocenters. The summed E-state index contributed by atoms with van der Waals surface area (Å²) in [4.78, 5) is 15.6. The van der Waals surface area contributed by atoms with E-state index in [1.807, 2.05) is 30.0 Å². The molecule has 5 rings (SSSR count). The number of morpholine rings is 1. The average molecular weight is 473 g/mol. The van der Waals surface area contributed by atoms with Crippen molar-refractivity contribution in [2.75, 3.05) is 46.1 Å². The van der Waals surface area contributed by atoms with E-state index in [4.69, 9.17) is 14.2 Å². The number of hydrogen-bond acceptors (Lipinski definition) is 6. The molecule has 0 aliphatic carbocycles. The van der Waals surface area contributed by atoms with Crippen molar-refractivity contribution in [2.24, 2.45) is 0 Å². The standard InChI is InChI=1S/C24H28N2O6S/c1-17-4-6-19(33(28,29)25-9-11-30-12-10-25)16-20(17)24(27)26-8-2-3-21(26)18-5-7-22-23(15-18)32-14-13-31-22/h4-7,15-16,21H,2-3,8-14H2,1H3/t21-/m0/s1. The van der Waals surface area contributed by atoms with Crippen molar-refractivity contribution < 1.29 is 27.4 Å². The topological polar surface area (TPSA) is 85.4 Å². The Morgan fingerprint density at radius 3 is 2.48 bits per heavy atom. The van der Waals surface area contributed by atoms with Gasteiger partial charge in [0.25, 0.3) is 5.91 Å². The molecule has 0 N–H and O–H groups in total. The lowest BCUT2D eigenvalue weighted by Crippen LogP contribution is -2.40. The van der Waals surface area contributed by atoms with Gasteiger partial charge in [0, 0.05) is 25.2 Å². The average Bonchev–Trinajstić information content (AvgIpc) is 3.34. The summed E-state index contributed by atoms with van der Waals surface area (Å²) >= 11 is 0. The number of carbonyl (C=O) groups excluding carboxylic acids is 1. The fourth-order valence-electron chi connectivity index (χ4n) is 4.71. The third-order valence-corrected chi connectivity index (χ3v) is 8.41. The third-order valence-electron chi connectivity index (χ3n) is 6.51. The quantitative estimate of drug-likeness (QED) is 0.680. The maximum Gasteiger partial charge on any atom is 0.254 e. The van der Waals surface area contributed by atoms with Gasteiger partial charge in [-0.25, -0.2) is 8.42 Å². The predicted molar refractivity (Wildman–Crippen MR) is 121 cm³/mol. The molecule has 3 heterocycles. The van der Waals surface area contributed by atoms with Gasteiger partial charge in [0.15, 0.2) is 11.5 Å². The van der Waals surface area contributed by atoms with Crippen LogP contribution in [0.4, 0.5) is 0 Å². The summed E-state index contributed by atoms with van der Waals surface area (Å²) in [6, 6.07) is 10.6. The van der Waals surface area contributed by atoms with Crippen LogP contribution >= 0.6 is 0 Å². The summed E-state index contributed by atoms with van der Waals surface area (Å²) in [5.41, 5.74) is 2.18. The van der Waals surface area contributed by atoms with Gasteiger partial charge in [0.05, 0.1) is 24.2 Å². The maximum absolute atomic E-state index is 13.6. The first kappa shape index (κ1) is 22.2. The fourth-order valence-corrected chi connectivity index (χ4v) is 6.14. The summed E-state index contributed by atoms with van der Waals surface area (Å²) in [7, 11) is -3.68. The maximum atomic E-state index is 13.6. The third kappa shape index (κ3) is 4.20. The Balaban J connectivity index is 1.43. The molecule has 9 heteroatoms. The monoisotopic (exact) mass is 472 g/mol. The molecule has 2 aromatic rings. The number of rotatable bonds is 4. The van der Waals surface area contributed by atoms with Gasteiger partial charge in [-0.05, 0) is 55.2 Å². The van der Waals surface area contributed by atoms with E-state index >= 15 is 0 Å².